The normalized spacial score (nSPS) is 13.4. The van der Waals surface area contributed by atoms with E-state index in [1.165, 1.54) is 0 Å². The molecule has 0 aliphatic carbocycles. The number of carboxylic acids is 3. The Labute approximate surface area is 217 Å². The summed E-state index contributed by atoms with van der Waals surface area (Å²) >= 11 is 0. The lowest BCUT2D eigenvalue weighted by Crippen LogP contribution is -2.48. The summed E-state index contributed by atoms with van der Waals surface area (Å²) < 4.78 is 13.9. The molecule has 0 spiro atoms. The Bertz CT molecular complexity index is 1080. The highest BCUT2D eigenvalue weighted by molar-refractivity contribution is 5.87. The zero-order valence-electron chi connectivity index (χ0n) is 20.6. The van der Waals surface area contributed by atoms with Gasteiger partial charge in [0.05, 0.1) is 30.7 Å². The molecule has 1 amide bonds. The van der Waals surface area contributed by atoms with Gasteiger partial charge in [-0.3, -0.25) is 24.1 Å². The first kappa shape index (κ1) is 30.3. The van der Waals surface area contributed by atoms with Crippen LogP contribution in [0.1, 0.15) is 49.8 Å². The van der Waals surface area contributed by atoms with Crippen molar-refractivity contribution in [2.75, 3.05) is 6.67 Å². The molecule has 0 saturated heterocycles. The molecule has 6 N–H and O–H groups in total. The van der Waals surface area contributed by atoms with Gasteiger partial charge in [0.25, 0.3) is 0 Å². The van der Waals surface area contributed by atoms with Gasteiger partial charge >= 0.3 is 17.9 Å². The summed E-state index contributed by atoms with van der Waals surface area (Å²) in [6.07, 6.45) is 1.18. The summed E-state index contributed by atoms with van der Waals surface area (Å²) in [7, 11) is 0. The summed E-state index contributed by atoms with van der Waals surface area (Å²) in [5, 5.41) is 50.0. The van der Waals surface area contributed by atoms with Crippen LogP contribution in [-0.4, -0.2) is 84.2 Å². The standard InChI is InChI=1S/C24H32FN5O8/c25-12-2-4-16-14-30(29-28-16)17-8-6-15(7-9-17)3-1-5-20(31)27-19(24(37)38)13-21(32)26-18(23(35)36)10-11-22(33)34/h6-9,14,18-20,27,31H,1-5,10-13H2,(H,26,32)(H,33,34)(H,35,36)(H,37,38)/t18-,19-,20?/m0/s1. The molecule has 0 fully saturated rings. The van der Waals surface area contributed by atoms with E-state index in [9.17, 15) is 33.8 Å². The minimum Gasteiger partial charge on any atom is -0.481 e. The number of amides is 1. The molecule has 1 aromatic heterocycles. The summed E-state index contributed by atoms with van der Waals surface area (Å²) in [6, 6.07) is 4.50. The van der Waals surface area contributed by atoms with Gasteiger partial charge in [-0.25, -0.2) is 9.48 Å². The molecule has 0 saturated carbocycles. The molecule has 1 unspecified atom stereocenters. The number of aliphatic carboxylic acids is 3. The second-order valence-corrected chi connectivity index (χ2v) is 8.67. The number of aryl methyl sites for hydroxylation is 2. The van der Waals surface area contributed by atoms with Crippen LogP contribution < -0.4 is 10.6 Å². The van der Waals surface area contributed by atoms with Gasteiger partial charge in [0, 0.05) is 6.42 Å². The molecule has 0 aliphatic heterocycles. The topological polar surface area (TPSA) is 204 Å². The average molecular weight is 538 g/mol. The minimum atomic E-state index is -1.48. The maximum absolute atomic E-state index is 12.3. The Morgan fingerprint density at radius 1 is 0.947 bits per heavy atom. The Balaban J connectivity index is 1.80. The number of alkyl halides is 1. The predicted octanol–water partition coefficient (Wildman–Crippen LogP) is 0.678. The number of hydrogen-bond donors (Lipinski definition) is 6. The van der Waals surface area contributed by atoms with E-state index in [4.69, 9.17) is 10.2 Å². The number of nitrogens with one attached hydrogen (secondary N) is 2. The molecule has 3 atom stereocenters. The zero-order chi connectivity index (χ0) is 28.1. The largest absolute Gasteiger partial charge is 0.481 e. The molecule has 0 bridgehead atoms. The third kappa shape index (κ3) is 10.6. The van der Waals surface area contributed by atoms with Gasteiger partial charge in [0.15, 0.2) is 0 Å². The van der Waals surface area contributed by atoms with Crippen LogP contribution in [0.2, 0.25) is 0 Å². The van der Waals surface area contributed by atoms with E-state index in [0.29, 0.717) is 31.4 Å². The van der Waals surface area contributed by atoms with E-state index < -0.39 is 61.6 Å². The molecule has 0 aliphatic rings. The fraction of sp³-hybridized carbons (Fsp3) is 0.500. The van der Waals surface area contributed by atoms with Gasteiger partial charge < -0.3 is 25.7 Å². The van der Waals surface area contributed by atoms with Crippen LogP contribution in [0.4, 0.5) is 4.39 Å². The number of carbonyl (C=O) groups is 4. The number of aromatic nitrogens is 3. The van der Waals surface area contributed by atoms with Crippen molar-refractivity contribution >= 4 is 23.8 Å². The molecule has 2 aromatic rings. The van der Waals surface area contributed by atoms with Gasteiger partial charge in [0.1, 0.15) is 18.3 Å². The van der Waals surface area contributed by atoms with E-state index in [2.05, 4.69) is 20.9 Å². The van der Waals surface area contributed by atoms with Crippen molar-refractivity contribution < 1.29 is 44.0 Å². The first-order valence-electron chi connectivity index (χ1n) is 12.1. The molecule has 38 heavy (non-hydrogen) atoms. The van der Waals surface area contributed by atoms with Crippen molar-refractivity contribution in [2.45, 2.75) is 69.7 Å². The lowest BCUT2D eigenvalue weighted by Gasteiger charge is -2.20. The highest BCUT2D eigenvalue weighted by Gasteiger charge is 2.27. The zero-order valence-corrected chi connectivity index (χ0v) is 20.6. The highest BCUT2D eigenvalue weighted by Crippen LogP contribution is 2.13. The second kappa shape index (κ2) is 15.4. The van der Waals surface area contributed by atoms with Crippen molar-refractivity contribution in [3.05, 3.63) is 41.7 Å². The summed E-state index contributed by atoms with van der Waals surface area (Å²) in [6.45, 7) is -0.415. The Kier molecular flexibility index (Phi) is 12.3. The monoisotopic (exact) mass is 537 g/mol. The number of halogens is 1. The number of benzene rings is 1. The van der Waals surface area contributed by atoms with Gasteiger partial charge in [-0.1, -0.05) is 17.3 Å². The van der Waals surface area contributed by atoms with Crippen LogP contribution in [0.15, 0.2) is 30.5 Å². The molecule has 13 nitrogen and oxygen atoms in total. The first-order chi connectivity index (χ1) is 18.1. The lowest BCUT2D eigenvalue weighted by atomic mass is 10.1. The molecule has 208 valence electrons. The van der Waals surface area contributed by atoms with Crippen LogP contribution in [-0.2, 0) is 32.0 Å². The Hall–Kier alpha value is -3.91. The average Bonchev–Trinajstić information content (AvgIpc) is 3.34. The van der Waals surface area contributed by atoms with Gasteiger partial charge in [-0.15, -0.1) is 5.10 Å². The molecule has 1 aromatic carbocycles. The van der Waals surface area contributed by atoms with Crippen molar-refractivity contribution in [1.82, 2.24) is 25.6 Å². The maximum Gasteiger partial charge on any atom is 0.326 e. The van der Waals surface area contributed by atoms with E-state index in [1.807, 2.05) is 24.3 Å². The molecule has 1 heterocycles. The maximum atomic E-state index is 12.3. The number of carboxylic acid groups (broad SMARTS) is 3. The van der Waals surface area contributed by atoms with Crippen molar-refractivity contribution in [1.29, 1.82) is 0 Å². The van der Waals surface area contributed by atoms with Crippen LogP contribution >= 0.6 is 0 Å². The molecular weight excluding hydrogens is 505 g/mol. The first-order valence-corrected chi connectivity index (χ1v) is 12.1. The van der Waals surface area contributed by atoms with Crippen molar-refractivity contribution in [3.8, 4) is 5.69 Å². The van der Waals surface area contributed by atoms with Crippen LogP contribution in [0.3, 0.4) is 0 Å². The number of rotatable bonds is 18. The number of hydrogen-bond acceptors (Lipinski definition) is 8. The quantitative estimate of drug-likeness (QED) is 0.146. The lowest BCUT2D eigenvalue weighted by molar-refractivity contribution is -0.144. The minimum absolute atomic E-state index is 0.185. The van der Waals surface area contributed by atoms with Crippen LogP contribution in [0, 0.1) is 0 Å². The van der Waals surface area contributed by atoms with Crippen LogP contribution in [0.25, 0.3) is 5.69 Å². The Morgan fingerprint density at radius 2 is 1.63 bits per heavy atom. The molecule has 14 heteroatoms. The van der Waals surface area contributed by atoms with E-state index in [-0.39, 0.29) is 12.8 Å². The molecular formula is C24H32FN5O8. The Morgan fingerprint density at radius 3 is 2.24 bits per heavy atom. The highest BCUT2D eigenvalue weighted by atomic mass is 19.1. The number of aliphatic hydroxyl groups is 1. The van der Waals surface area contributed by atoms with E-state index >= 15 is 0 Å². The van der Waals surface area contributed by atoms with Gasteiger partial charge in [0.2, 0.25) is 5.91 Å². The van der Waals surface area contributed by atoms with Crippen LogP contribution in [0.5, 0.6) is 0 Å². The second-order valence-electron chi connectivity index (χ2n) is 8.67. The number of aliphatic hydroxyl groups excluding tert-OH is 1. The third-order valence-corrected chi connectivity index (χ3v) is 5.61. The van der Waals surface area contributed by atoms with E-state index in [0.717, 1.165) is 11.3 Å². The van der Waals surface area contributed by atoms with Gasteiger partial charge in [-0.2, -0.15) is 0 Å². The number of nitrogens with zero attached hydrogens (tertiary/aromatic N) is 3. The third-order valence-electron chi connectivity index (χ3n) is 5.61. The molecule has 0 radical (unpaired) electrons. The predicted molar refractivity (Wildman–Crippen MR) is 130 cm³/mol. The summed E-state index contributed by atoms with van der Waals surface area (Å²) in [5.41, 5.74) is 2.45. The fourth-order valence-corrected chi connectivity index (χ4v) is 3.60. The summed E-state index contributed by atoms with van der Waals surface area (Å²) in [4.78, 5) is 45.5. The smallest absolute Gasteiger partial charge is 0.326 e. The number of carbonyl (C=O) groups excluding carboxylic acids is 1. The van der Waals surface area contributed by atoms with Crippen molar-refractivity contribution in [2.24, 2.45) is 0 Å². The summed E-state index contributed by atoms with van der Waals surface area (Å²) in [5.74, 6) is -4.98. The molecule has 2 rings (SSSR count). The van der Waals surface area contributed by atoms with E-state index in [1.54, 1.807) is 10.9 Å². The fourth-order valence-electron chi connectivity index (χ4n) is 3.60. The van der Waals surface area contributed by atoms with Gasteiger partial charge in [-0.05, 0) is 56.2 Å². The van der Waals surface area contributed by atoms with Crippen molar-refractivity contribution in [3.63, 3.8) is 0 Å². The SMILES string of the molecule is O=C(O)CC[C@H](NC(=O)C[C@H](NC(O)CCCc1ccc(-n2cc(CCCF)nn2)cc1)C(=O)O)C(=O)O.